The number of hydrogen-bond donors (Lipinski definition) is 0. The van der Waals surface area contributed by atoms with Gasteiger partial charge in [-0.15, -0.1) is 6.58 Å². The summed E-state index contributed by atoms with van der Waals surface area (Å²) in [6.45, 7) is 3.78. The van der Waals surface area contributed by atoms with Crippen LogP contribution in [0.3, 0.4) is 0 Å². The molecule has 22 heavy (non-hydrogen) atoms. The lowest BCUT2D eigenvalue weighted by Gasteiger charge is -2.21. The van der Waals surface area contributed by atoms with Gasteiger partial charge in [-0.25, -0.2) is 0 Å². The van der Waals surface area contributed by atoms with Crippen LogP contribution in [0.5, 0.6) is 0 Å². The van der Waals surface area contributed by atoms with Crippen molar-refractivity contribution < 1.29 is 0 Å². The molecule has 0 unspecified atom stereocenters. The standard InChI is InChI=1S/C14H24.C8H14/c1-3-7-13(8-4-1)11-12-14-9-5-2-6-10-14;1-2-8-6-4-3-5-7-8/h11-14H,1-10H2;2,8H,1,3-7H2. The van der Waals surface area contributed by atoms with Crippen LogP contribution in [-0.4, -0.2) is 0 Å². The van der Waals surface area contributed by atoms with Crippen LogP contribution in [0.25, 0.3) is 0 Å². The largest absolute Gasteiger partial charge is 0.103 e. The molecule has 0 saturated heterocycles. The maximum absolute atomic E-state index is 3.78. The average molecular weight is 303 g/mol. The summed E-state index contributed by atoms with van der Waals surface area (Å²) in [6.07, 6.45) is 29.0. The quantitative estimate of drug-likeness (QED) is 0.475. The topological polar surface area (TPSA) is 0 Å². The zero-order chi connectivity index (χ0) is 15.5. The van der Waals surface area contributed by atoms with Crippen LogP contribution < -0.4 is 0 Å². The highest BCUT2D eigenvalue weighted by molar-refractivity contribution is 4.94. The van der Waals surface area contributed by atoms with Gasteiger partial charge in [-0.05, 0) is 56.3 Å². The number of allylic oxidation sites excluding steroid dienone is 3. The molecule has 0 heterocycles. The van der Waals surface area contributed by atoms with E-state index in [1.165, 1.54) is 96.3 Å². The van der Waals surface area contributed by atoms with Gasteiger partial charge in [0, 0.05) is 0 Å². The van der Waals surface area contributed by atoms with Gasteiger partial charge < -0.3 is 0 Å². The molecule has 0 heteroatoms. The van der Waals surface area contributed by atoms with Crippen LogP contribution in [0, 0.1) is 17.8 Å². The summed E-state index contributed by atoms with van der Waals surface area (Å²) in [5, 5.41) is 0. The Morgan fingerprint density at radius 1 is 0.455 bits per heavy atom. The Hall–Kier alpha value is -0.520. The molecule has 0 nitrogen and oxygen atoms in total. The Bertz CT molecular complexity index is 276. The zero-order valence-corrected chi connectivity index (χ0v) is 14.8. The van der Waals surface area contributed by atoms with Crippen molar-refractivity contribution in [3.05, 3.63) is 24.8 Å². The van der Waals surface area contributed by atoms with Gasteiger partial charge in [0.2, 0.25) is 0 Å². The maximum Gasteiger partial charge on any atom is -0.0233 e. The number of rotatable bonds is 3. The first-order valence-electron chi connectivity index (χ1n) is 10.2. The highest BCUT2D eigenvalue weighted by atomic mass is 14.2. The van der Waals surface area contributed by atoms with E-state index < -0.39 is 0 Å². The van der Waals surface area contributed by atoms with Crippen molar-refractivity contribution >= 4 is 0 Å². The zero-order valence-electron chi connectivity index (χ0n) is 14.8. The van der Waals surface area contributed by atoms with Gasteiger partial charge in [0.1, 0.15) is 0 Å². The SMILES string of the molecule is C(=CC1CCCCC1)C1CCCCC1.C=CC1CCCCC1. The molecule has 0 amide bonds. The first-order chi connectivity index (χ1) is 10.9. The van der Waals surface area contributed by atoms with Crippen LogP contribution in [0.2, 0.25) is 0 Å². The van der Waals surface area contributed by atoms with Gasteiger partial charge in [-0.1, -0.05) is 76.0 Å². The molecule has 3 aliphatic rings. The summed E-state index contributed by atoms with van der Waals surface area (Å²) in [4.78, 5) is 0. The molecule has 0 aromatic heterocycles. The molecule has 0 aromatic carbocycles. The minimum absolute atomic E-state index is 0.851. The highest BCUT2D eigenvalue weighted by Crippen LogP contribution is 2.28. The van der Waals surface area contributed by atoms with Crippen LogP contribution in [-0.2, 0) is 0 Å². The number of hydrogen-bond acceptors (Lipinski definition) is 0. The third-order valence-corrected chi connectivity index (χ3v) is 5.94. The summed E-state index contributed by atoms with van der Waals surface area (Å²) in [5.74, 6) is 2.72. The summed E-state index contributed by atoms with van der Waals surface area (Å²) < 4.78 is 0. The van der Waals surface area contributed by atoms with Crippen molar-refractivity contribution in [2.45, 2.75) is 96.3 Å². The van der Waals surface area contributed by atoms with Crippen molar-refractivity contribution in [3.8, 4) is 0 Å². The van der Waals surface area contributed by atoms with Crippen molar-refractivity contribution in [1.29, 1.82) is 0 Å². The first-order valence-corrected chi connectivity index (χ1v) is 10.2. The van der Waals surface area contributed by atoms with Crippen molar-refractivity contribution in [1.82, 2.24) is 0 Å². The Kier molecular flexibility index (Phi) is 8.98. The van der Waals surface area contributed by atoms with Gasteiger partial charge in [0.05, 0.1) is 0 Å². The molecule has 3 rings (SSSR count). The molecule has 3 fully saturated rings. The molecule has 3 saturated carbocycles. The molecule has 0 N–H and O–H groups in total. The first kappa shape index (κ1) is 17.8. The Labute approximate surface area is 139 Å². The van der Waals surface area contributed by atoms with Crippen LogP contribution >= 0.6 is 0 Å². The van der Waals surface area contributed by atoms with Crippen molar-refractivity contribution in [2.75, 3.05) is 0 Å². The Balaban J connectivity index is 0.000000188. The van der Waals surface area contributed by atoms with E-state index in [4.69, 9.17) is 0 Å². The predicted molar refractivity (Wildman–Crippen MR) is 99.1 cm³/mol. The average Bonchev–Trinajstić information content (AvgIpc) is 2.63. The van der Waals surface area contributed by atoms with E-state index in [1.54, 1.807) is 0 Å². The fourth-order valence-corrected chi connectivity index (χ4v) is 4.34. The second kappa shape index (κ2) is 11.1. The van der Waals surface area contributed by atoms with E-state index in [0.29, 0.717) is 0 Å². The molecule has 0 atom stereocenters. The molecule has 0 spiro atoms. The molecule has 126 valence electrons. The Morgan fingerprint density at radius 2 is 0.773 bits per heavy atom. The van der Waals surface area contributed by atoms with Crippen LogP contribution in [0.1, 0.15) is 96.3 Å². The fraction of sp³-hybridized carbons (Fsp3) is 0.818. The lowest BCUT2D eigenvalue weighted by atomic mass is 9.85. The molecule has 3 aliphatic carbocycles. The summed E-state index contributed by atoms with van der Waals surface area (Å²) in [7, 11) is 0. The molecule has 0 aromatic rings. The van der Waals surface area contributed by atoms with E-state index in [1.807, 2.05) is 0 Å². The highest BCUT2D eigenvalue weighted by Gasteiger charge is 2.13. The van der Waals surface area contributed by atoms with E-state index >= 15 is 0 Å². The molecular weight excluding hydrogens is 264 g/mol. The second-order valence-corrected chi connectivity index (χ2v) is 7.81. The maximum atomic E-state index is 3.78. The predicted octanol–water partition coefficient (Wildman–Crippen LogP) is 7.46. The van der Waals surface area contributed by atoms with Gasteiger partial charge >= 0.3 is 0 Å². The third kappa shape index (κ3) is 7.16. The summed E-state index contributed by atoms with van der Waals surface area (Å²) in [6, 6.07) is 0. The van der Waals surface area contributed by atoms with E-state index in [9.17, 15) is 0 Å². The molecule has 0 radical (unpaired) electrons. The summed E-state index contributed by atoms with van der Waals surface area (Å²) >= 11 is 0. The summed E-state index contributed by atoms with van der Waals surface area (Å²) in [5.41, 5.74) is 0. The van der Waals surface area contributed by atoms with Gasteiger partial charge in [-0.3, -0.25) is 0 Å². The van der Waals surface area contributed by atoms with Crippen LogP contribution in [0.15, 0.2) is 24.8 Å². The van der Waals surface area contributed by atoms with E-state index in [0.717, 1.165) is 17.8 Å². The Morgan fingerprint density at radius 3 is 1.05 bits per heavy atom. The van der Waals surface area contributed by atoms with Crippen molar-refractivity contribution in [3.63, 3.8) is 0 Å². The smallest absolute Gasteiger partial charge is 0.0233 e. The molecule has 0 aliphatic heterocycles. The van der Waals surface area contributed by atoms with E-state index in [2.05, 4.69) is 24.8 Å². The van der Waals surface area contributed by atoms with Gasteiger partial charge in [-0.2, -0.15) is 0 Å². The normalized spacial score (nSPS) is 25.6. The second-order valence-electron chi connectivity index (χ2n) is 7.81. The lowest BCUT2D eigenvalue weighted by molar-refractivity contribution is 0.401. The van der Waals surface area contributed by atoms with Gasteiger partial charge in [0.15, 0.2) is 0 Å². The monoisotopic (exact) mass is 302 g/mol. The van der Waals surface area contributed by atoms with Crippen molar-refractivity contribution in [2.24, 2.45) is 17.8 Å². The fourth-order valence-electron chi connectivity index (χ4n) is 4.34. The third-order valence-electron chi connectivity index (χ3n) is 5.94. The van der Waals surface area contributed by atoms with Gasteiger partial charge in [0.25, 0.3) is 0 Å². The molecular formula is C22H38. The minimum atomic E-state index is 0.851. The lowest BCUT2D eigenvalue weighted by Crippen LogP contribution is -2.06. The minimum Gasteiger partial charge on any atom is -0.103 e. The molecule has 0 bridgehead atoms. The van der Waals surface area contributed by atoms with Crippen LogP contribution in [0.4, 0.5) is 0 Å². The van der Waals surface area contributed by atoms with E-state index in [-0.39, 0.29) is 0 Å².